The fourth-order valence-electron chi connectivity index (χ4n) is 1.61. The van der Waals surface area contributed by atoms with Crippen molar-refractivity contribution in [3.05, 3.63) is 42.2 Å². The molecule has 0 spiro atoms. The van der Waals surface area contributed by atoms with Gasteiger partial charge in [-0.15, -0.1) is 16.9 Å². The smallest absolute Gasteiger partial charge is 0.126 e. The minimum atomic E-state index is 0.897. The van der Waals surface area contributed by atoms with Gasteiger partial charge in [-0.05, 0) is 30.2 Å². The molecular weight excluding hydrogens is 242 g/mol. The predicted molar refractivity (Wildman–Crippen MR) is 80.6 cm³/mol. The summed E-state index contributed by atoms with van der Waals surface area (Å²) in [6, 6.07) is 8.24. The van der Waals surface area contributed by atoms with E-state index in [1.54, 1.807) is 24.2 Å². The van der Waals surface area contributed by atoms with Gasteiger partial charge in [-0.1, -0.05) is 19.1 Å². The van der Waals surface area contributed by atoms with Crippen LogP contribution >= 0.6 is 11.8 Å². The second kappa shape index (κ2) is 6.31. The largest absolute Gasteiger partial charge is 0.264 e. The van der Waals surface area contributed by atoms with Crippen LogP contribution in [0.25, 0.3) is 10.8 Å². The fraction of sp³-hybridized carbons (Fsp3) is 0.214. The minimum Gasteiger partial charge on any atom is -0.264 e. The molecule has 0 amide bonds. The van der Waals surface area contributed by atoms with Gasteiger partial charge in [-0.25, -0.2) is 0 Å². The van der Waals surface area contributed by atoms with Gasteiger partial charge in [0.25, 0.3) is 0 Å². The molecule has 0 radical (unpaired) electrons. The lowest BCUT2D eigenvalue weighted by Crippen LogP contribution is -1.94. The predicted octanol–water partition coefficient (Wildman–Crippen LogP) is 3.74. The molecule has 1 heterocycles. The molecule has 1 aromatic heterocycles. The normalized spacial score (nSPS) is 12.4. The number of thioether (sulfide) groups is 1. The summed E-state index contributed by atoms with van der Waals surface area (Å²) in [5, 5.41) is 11.5. The quantitative estimate of drug-likeness (QED) is 0.477. The molecule has 2 rings (SSSR count). The summed E-state index contributed by atoms with van der Waals surface area (Å²) in [7, 11) is 0. The third-order valence-corrected chi connectivity index (χ3v) is 3.20. The maximum Gasteiger partial charge on any atom is 0.126 e. The minimum absolute atomic E-state index is 0.897. The molecule has 2 aromatic rings. The van der Waals surface area contributed by atoms with Crippen LogP contribution < -0.4 is 0 Å². The van der Waals surface area contributed by atoms with E-state index in [2.05, 4.69) is 33.4 Å². The van der Waals surface area contributed by atoms with Crippen LogP contribution in [-0.2, 0) is 0 Å². The summed E-state index contributed by atoms with van der Waals surface area (Å²) in [4.78, 5) is 4.11. The second-order valence-electron chi connectivity index (χ2n) is 3.75. The molecule has 0 aliphatic rings. The first kappa shape index (κ1) is 12.8. The summed E-state index contributed by atoms with van der Waals surface area (Å²) >= 11 is 1.60. The van der Waals surface area contributed by atoms with Crippen LogP contribution in [0.4, 0.5) is 0 Å². The standard InChI is InChI=1S/C14H15N3S/c1-3-7-16-17-14(18-2)12-4-5-13-10-15-8-6-11(13)9-12/h4-10H,3H2,1-2H3/b16-7+,17-14-. The molecule has 0 fully saturated rings. The average Bonchev–Trinajstić information content (AvgIpc) is 2.43. The molecule has 92 valence electrons. The second-order valence-corrected chi connectivity index (χ2v) is 4.55. The van der Waals surface area contributed by atoms with Crippen molar-refractivity contribution in [1.29, 1.82) is 0 Å². The van der Waals surface area contributed by atoms with Gasteiger partial charge in [-0.2, -0.15) is 5.10 Å². The molecule has 0 N–H and O–H groups in total. The Balaban J connectivity index is 2.39. The molecule has 1 aromatic carbocycles. The van der Waals surface area contributed by atoms with Crippen LogP contribution in [0, 0.1) is 0 Å². The van der Waals surface area contributed by atoms with Crippen molar-refractivity contribution in [1.82, 2.24) is 4.98 Å². The summed E-state index contributed by atoms with van der Waals surface area (Å²) in [6.45, 7) is 2.04. The molecule has 0 saturated heterocycles. The monoisotopic (exact) mass is 257 g/mol. The van der Waals surface area contributed by atoms with E-state index in [0.717, 1.165) is 22.4 Å². The van der Waals surface area contributed by atoms with Crippen LogP contribution in [0.1, 0.15) is 18.9 Å². The first-order valence-electron chi connectivity index (χ1n) is 5.82. The topological polar surface area (TPSA) is 37.6 Å². The molecule has 4 heteroatoms. The highest BCUT2D eigenvalue weighted by atomic mass is 32.2. The highest BCUT2D eigenvalue weighted by molar-refractivity contribution is 8.13. The van der Waals surface area contributed by atoms with E-state index in [4.69, 9.17) is 0 Å². The SMILES string of the molecule is CC/C=N/N=C(\SC)c1ccc2cnccc2c1. The third kappa shape index (κ3) is 2.96. The Hall–Kier alpha value is -1.68. The Bertz CT molecular complexity index is 590. The van der Waals surface area contributed by atoms with E-state index in [1.807, 2.05) is 25.4 Å². The number of nitrogens with zero attached hydrogens (tertiary/aromatic N) is 3. The van der Waals surface area contributed by atoms with Gasteiger partial charge in [0, 0.05) is 29.6 Å². The Morgan fingerprint density at radius 1 is 1.33 bits per heavy atom. The molecule has 0 unspecified atom stereocenters. The van der Waals surface area contributed by atoms with Gasteiger partial charge < -0.3 is 0 Å². The first-order chi connectivity index (χ1) is 8.85. The molecule has 0 aliphatic carbocycles. The average molecular weight is 257 g/mol. The molecule has 0 aliphatic heterocycles. The van der Waals surface area contributed by atoms with E-state index >= 15 is 0 Å². The van der Waals surface area contributed by atoms with Gasteiger partial charge >= 0.3 is 0 Å². The van der Waals surface area contributed by atoms with Gasteiger partial charge in [0.15, 0.2) is 0 Å². The zero-order valence-electron chi connectivity index (χ0n) is 10.5. The van der Waals surface area contributed by atoms with Gasteiger partial charge in [0.1, 0.15) is 5.04 Å². The molecule has 0 saturated carbocycles. The van der Waals surface area contributed by atoms with Crippen LogP contribution in [-0.4, -0.2) is 22.5 Å². The summed E-state index contributed by atoms with van der Waals surface area (Å²) in [5.74, 6) is 0. The first-order valence-corrected chi connectivity index (χ1v) is 7.05. The van der Waals surface area contributed by atoms with Crippen molar-refractivity contribution >= 4 is 33.8 Å². The molecular formula is C14H15N3S. The van der Waals surface area contributed by atoms with Crippen molar-refractivity contribution in [2.75, 3.05) is 6.26 Å². The third-order valence-electron chi connectivity index (χ3n) is 2.49. The molecule has 18 heavy (non-hydrogen) atoms. The van der Waals surface area contributed by atoms with Crippen LogP contribution in [0.2, 0.25) is 0 Å². The van der Waals surface area contributed by atoms with Gasteiger partial charge in [0.05, 0.1) is 0 Å². The van der Waals surface area contributed by atoms with Crippen molar-refractivity contribution in [2.45, 2.75) is 13.3 Å². The maximum absolute atomic E-state index is 4.24. The lowest BCUT2D eigenvalue weighted by atomic mass is 10.1. The van der Waals surface area contributed by atoms with Crippen LogP contribution in [0.3, 0.4) is 0 Å². The summed E-state index contributed by atoms with van der Waals surface area (Å²) in [5.41, 5.74) is 1.09. The number of hydrogen-bond acceptors (Lipinski definition) is 4. The highest BCUT2D eigenvalue weighted by Gasteiger charge is 2.03. The van der Waals surface area contributed by atoms with Crippen molar-refractivity contribution in [3.8, 4) is 0 Å². The van der Waals surface area contributed by atoms with Crippen molar-refractivity contribution in [2.24, 2.45) is 10.2 Å². The Morgan fingerprint density at radius 2 is 2.22 bits per heavy atom. The number of pyridine rings is 1. The molecule has 0 atom stereocenters. The summed E-state index contributed by atoms with van der Waals surface area (Å²) < 4.78 is 0. The van der Waals surface area contributed by atoms with Crippen molar-refractivity contribution in [3.63, 3.8) is 0 Å². The maximum atomic E-state index is 4.24. The van der Waals surface area contributed by atoms with E-state index in [1.165, 1.54) is 5.39 Å². The molecule has 3 nitrogen and oxygen atoms in total. The number of aromatic nitrogens is 1. The zero-order valence-corrected chi connectivity index (χ0v) is 11.3. The number of fused-ring (bicyclic) bond motifs is 1. The van der Waals surface area contributed by atoms with Gasteiger partial charge in [0.2, 0.25) is 0 Å². The van der Waals surface area contributed by atoms with Crippen molar-refractivity contribution < 1.29 is 0 Å². The fourth-order valence-corrected chi connectivity index (χ4v) is 2.10. The zero-order chi connectivity index (χ0) is 12.8. The Kier molecular flexibility index (Phi) is 4.47. The number of benzene rings is 1. The Morgan fingerprint density at radius 3 is 3.00 bits per heavy atom. The Labute approximate surface area is 111 Å². The van der Waals surface area contributed by atoms with E-state index in [0.29, 0.717) is 0 Å². The van der Waals surface area contributed by atoms with Crippen LogP contribution in [0.15, 0.2) is 46.9 Å². The highest BCUT2D eigenvalue weighted by Crippen LogP contribution is 2.18. The van der Waals surface area contributed by atoms with E-state index < -0.39 is 0 Å². The van der Waals surface area contributed by atoms with E-state index in [-0.39, 0.29) is 0 Å². The van der Waals surface area contributed by atoms with E-state index in [9.17, 15) is 0 Å². The van der Waals surface area contributed by atoms with Gasteiger partial charge in [-0.3, -0.25) is 4.98 Å². The lowest BCUT2D eigenvalue weighted by Gasteiger charge is -2.03. The summed E-state index contributed by atoms with van der Waals surface area (Å²) in [6.07, 6.45) is 8.38. The van der Waals surface area contributed by atoms with Crippen LogP contribution in [0.5, 0.6) is 0 Å². The lowest BCUT2D eigenvalue weighted by molar-refractivity contribution is 1.21. The molecule has 0 bridgehead atoms. The number of hydrogen-bond donors (Lipinski definition) is 0. The number of rotatable bonds is 3.